The molecule has 2 aromatic carbocycles. The lowest BCUT2D eigenvalue weighted by molar-refractivity contribution is -0.120. The zero-order chi connectivity index (χ0) is 17.7. The topological polar surface area (TPSA) is 69.9 Å². The highest BCUT2D eigenvalue weighted by Gasteiger charge is 2.39. The number of benzene rings is 2. The highest BCUT2D eigenvalue weighted by Crippen LogP contribution is 2.42. The van der Waals surface area contributed by atoms with Crippen molar-refractivity contribution in [3.8, 4) is 5.75 Å². The lowest BCUT2D eigenvalue weighted by atomic mass is 9.83. The Kier molecular flexibility index (Phi) is 3.28. The van der Waals surface area contributed by atoms with E-state index in [0.717, 1.165) is 38.7 Å². The molecule has 4 aromatic rings. The van der Waals surface area contributed by atoms with Gasteiger partial charge in [-0.3, -0.25) is 4.79 Å². The number of carbonyl (C=O) groups is 1. The Morgan fingerprint density at radius 3 is 2.58 bits per heavy atom. The van der Waals surface area contributed by atoms with E-state index in [0.29, 0.717) is 6.54 Å². The molecule has 3 heterocycles. The molecule has 1 amide bonds. The van der Waals surface area contributed by atoms with Crippen LogP contribution >= 0.6 is 0 Å². The van der Waals surface area contributed by atoms with E-state index in [2.05, 4.69) is 21.4 Å². The quantitative estimate of drug-likeness (QED) is 0.530. The van der Waals surface area contributed by atoms with Gasteiger partial charge in [-0.15, -0.1) is 0 Å². The number of amides is 1. The molecule has 1 fully saturated rings. The monoisotopic (exact) mass is 345 g/mol. The molecule has 0 bridgehead atoms. The van der Waals surface area contributed by atoms with Gasteiger partial charge in [0.2, 0.25) is 5.91 Å². The summed E-state index contributed by atoms with van der Waals surface area (Å²) in [5.74, 6) is 0.759. The Labute approximate surface area is 150 Å². The number of fused-ring (bicyclic) bond motifs is 2. The minimum atomic E-state index is -0.212. The number of methoxy groups -OCH3 is 1. The predicted molar refractivity (Wildman–Crippen MR) is 102 cm³/mol. The second kappa shape index (κ2) is 5.66. The second-order valence-corrected chi connectivity index (χ2v) is 6.77. The lowest BCUT2D eigenvalue weighted by Gasteiger charge is -2.16. The van der Waals surface area contributed by atoms with Crippen molar-refractivity contribution in [3.63, 3.8) is 0 Å². The number of aromatic amines is 2. The summed E-state index contributed by atoms with van der Waals surface area (Å²) < 4.78 is 5.39. The first kappa shape index (κ1) is 15.1. The molecule has 2 atom stereocenters. The number of nitrogens with one attached hydrogen (secondary N) is 3. The van der Waals surface area contributed by atoms with E-state index in [1.165, 1.54) is 0 Å². The van der Waals surface area contributed by atoms with Crippen LogP contribution in [0.5, 0.6) is 5.75 Å². The van der Waals surface area contributed by atoms with Crippen molar-refractivity contribution in [3.05, 3.63) is 66.0 Å². The number of carbonyl (C=O) groups excluding carboxylic acids is 1. The smallest absolute Gasteiger partial charge is 0.228 e. The SMILES string of the molecule is COc1ccc2[nH]cc([C@@H]3CNC(=O)[C@H]3c3c[nH]c4ccccc34)c2c1. The normalized spacial score (nSPS) is 20.0. The molecule has 1 aliphatic rings. The molecule has 0 radical (unpaired) electrons. The highest BCUT2D eigenvalue weighted by atomic mass is 16.5. The first-order valence-corrected chi connectivity index (χ1v) is 8.75. The molecule has 5 nitrogen and oxygen atoms in total. The molecule has 5 rings (SSSR count). The predicted octanol–water partition coefficient (Wildman–Crippen LogP) is 3.66. The zero-order valence-electron chi connectivity index (χ0n) is 14.4. The minimum absolute atomic E-state index is 0.0718. The lowest BCUT2D eigenvalue weighted by Crippen LogP contribution is -2.17. The van der Waals surface area contributed by atoms with E-state index in [1.807, 2.05) is 48.8 Å². The number of ether oxygens (including phenoxy) is 1. The minimum Gasteiger partial charge on any atom is -0.497 e. The van der Waals surface area contributed by atoms with E-state index in [4.69, 9.17) is 4.74 Å². The maximum atomic E-state index is 12.7. The Hall–Kier alpha value is -3.21. The van der Waals surface area contributed by atoms with Gasteiger partial charge >= 0.3 is 0 Å². The molecular formula is C21H19N3O2. The van der Waals surface area contributed by atoms with Crippen molar-refractivity contribution in [1.82, 2.24) is 15.3 Å². The molecule has 26 heavy (non-hydrogen) atoms. The van der Waals surface area contributed by atoms with Gasteiger partial charge in [0, 0.05) is 46.7 Å². The largest absolute Gasteiger partial charge is 0.497 e. The van der Waals surface area contributed by atoms with Crippen LogP contribution in [0, 0.1) is 0 Å². The molecule has 2 aromatic heterocycles. The van der Waals surface area contributed by atoms with Crippen molar-refractivity contribution in [2.45, 2.75) is 11.8 Å². The van der Waals surface area contributed by atoms with Crippen LogP contribution in [-0.2, 0) is 4.79 Å². The molecule has 0 saturated carbocycles. The number of aromatic nitrogens is 2. The Morgan fingerprint density at radius 2 is 1.73 bits per heavy atom. The molecule has 1 saturated heterocycles. The van der Waals surface area contributed by atoms with Gasteiger partial charge in [-0.05, 0) is 35.4 Å². The van der Waals surface area contributed by atoms with Gasteiger partial charge in [-0.1, -0.05) is 18.2 Å². The summed E-state index contributed by atoms with van der Waals surface area (Å²) in [5.41, 5.74) is 4.31. The van der Waals surface area contributed by atoms with Crippen LogP contribution in [0.3, 0.4) is 0 Å². The van der Waals surface area contributed by atoms with Gasteiger partial charge in [0.25, 0.3) is 0 Å². The fourth-order valence-electron chi connectivity index (χ4n) is 4.17. The number of hydrogen-bond acceptors (Lipinski definition) is 2. The maximum absolute atomic E-state index is 12.7. The van der Waals surface area contributed by atoms with Crippen LogP contribution < -0.4 is 10.1 Å². The summed E-state index contributed by atoms with van der Waals surface area (Å²) in [6, 6.07) is 14.1. The van der Waals surface area contributed by atoms with E-state index in [1.54, 1.807) is 7.11 Å². The highest BCUT2D eigenvalue weighted by molar-refractivity contribution is 5.95. The van der Waals surface area contributed by atoms with Crippen molar-refractivity contribution in [2.24, 2.45) is 0 Å². The first-order valence-electron chi connectivity index (χ1n) is 8.75. The Bertz CT molecular complexity index is 1120. The van der Waals surface area contributed by atoms with E-state index < -0.39 is 0 Å². The summed E-state index contributed by atoms with van der Waals surface area (Å²) in [5, 5.41) is 5.27. The molecule has 5 heteroatoms. The van der Waals surface area contributed by atoms with Crippen molar-refractivity contribution in [2.75, 3.05) is 13.7 Å². The number of hydrogen-bond donors (Lipinski definition) is 3. The molecule has 1 aliphatic heterocycles. The molecule has 3 N–H and O–H groups in total. The third kappa shape index (κ3) is 2.13. The fraction of sp³-hybridized carbons (Fsp3) is 0.190. The van der Waals surface area contributed by atoms with Gasteiger partial charge in [0.15, 0.2) is 0 Å². The number of para-hydroxylation sites is 1. The van der Waals surface area contributed by atoms with Gasteiger partial charge in [-0.2, -0.15) is 0 Å². The van der Waals surface area contributed by atoms with E-state index >= 15 is 0 Å². The van der Waals surface area contributed by atoms with Crippen molar-refractivity contribution < 1.29 is 9.53 Å². The van der Waals surface area contributed by atoms with Gasteiger partial charge < -0.3 is 20.0 Å². The van der Waals surface area contributed by atoms with Gasteiger partial charge in [0.05, 0.1) is 13.0 Å². The third-order valence-electron chi connectivity index (χ3n) is 5.46. The van der Waals surface area contributed by atoms with Crippen molar-refractivity contribution >= 4 is 27.7 Å². The summed E-state index contributed by atoms with van der Waals surface area (Å²) in [6.45, 7) is 0.632. The molecule has 0 spiro atoms. The molecular weight excluding hydrogens is 326 g/mol. The number of H-pyrrole nitrogens is 2. The van der Waals surface area contributed by atoms with Crippen LogP contribution in [0.25, 0.3) is 21.8 Å². The molecule has 130 valence electrons. The number of rotatable bonds is 3. The molecule has 0 aliphatic carbocycles. The average molecular weight is 345 g/mol. The second-order valence-electron chi connectivity index (χ2n) is 6.77. The Morgan fingerprint density at radius 1 is 0.962 bits per heavy atom. The summed E-state index contributed by atoms with van der Waals surface area (Å²) in [4.78, 5) is 19.4. The van der Waals surface area contributed by atoms with Crippen LogP contribution in [0.4, 0.5) is 0 Å². The summed E-state index contributed by atoms with van der Waals surface area (Å²) >= 11 is 0. The van der Waals surface area contributed by atoms with E-state index in [9.17, 15) is 4.79 Å². The van der Waals surface area contributed by atoms with Crippen LogP contribution in [0.2, 0.25) is 0 Å². The van der Waals surface area contributed by atoms with Gasteiger partial charge in [0.1, 0.15) is 5.75 Å². The molecule has 0 unspecified atom stereocenters. The van der Waals surface area contributed by atoms with Crippen LogP contribution in [0.15, 0.2) is 54.9 Å². The van der Waals surface area contributed by atoms with Crippen LogP contribution in [0.1, 0.15) is 23.0 Å². The van der Waals surface area contributed by atoms with Crippen molar-refractivity contribution in [1.29, 1.82) is 0 Å². The average Bonchev–Trinajstić information content (AvgIpc) is 3.37. The first-order chi connectivity index (χ1) is 12.8. The maximum Gasteiger partial charge on any atom is 0.228 e. The van der Waals surface area contributed by atoms with E-state index in [-0.39, 0.29) is 17.7 Å². The zero-order valence-corrected chi connectivity index (χ0v) is 14.4. The van der Waals surface area contributed by atoms with Gasteiger partial charge in [-0.25, -0.2) is 0 Å². The third-order valence-corrected chi connectivity index (χ3v) is 5.46. The standard InChI is InChI=1S/C21H19N3O2/c1-26-12-6-7-19-14(8-12)15(9-22-19)17-11-24-21(25)20(17)16-10-23-18-5-3-2-4-13(16)18/h2-10,17,20,22-23H,11H2,1H3,(H,24,25)/t17-,20-/m0/s1. The summed E-state index contributed by atoms with van der Waals surface area (Å²) in [7, 11) is 1.67. The Balaban J connectivity index is 1.66. The van der Waals surface area contributed by atoms with Crippen LogP contribution in [-0.4, -0.2) is 29.5 Å². The summed E-state index contributed by atoms with van der Waals surface area (Å²) in [6.07, 6.45) is 4.00. The fourth-order valence-corrected chi connectivity index (χ4v) is 4.17.